The molecule has 0 aromatic carbocycles. The molecule has 2 rings (SSSR count). The van der Waals surface area contributed by atoms with Gasteiger partial charge in [-0.15, -0.1) is 0 Å². The predicted molar refractivity (Wildman–Crippen MR) is 48.7 cm³/mol. The molecule has 1 heterocycles. The van der Waals surface area contributed by atoms with E-state index >= 15 is 0 Å². The highest BCUT2D eigenvalue weighted by atomic mass is 16.7. The highest BCUT2D eigenvalue weighted by Crippen LogP contribution is 2.33. The predicted octanol–water partition coefficient (Wildman–Crippen LogP) is 0.0296. The van der Waals surface area contributed by atoms with E-state index in [1.54, 1.807) is 0 Å². The van der Waals surface area contributed by atoms with E-state index < -0.39 is 5.72 Å². The van der Waals surface area contributed by atoms with E-state index in [0.29, 0.717) is 6.79 Å². The summed E-state index contributed by atoms with van der Waals surface area (Å²) in [5.74, 6) is 0. The van der Waals surface area contributed by atoms with Crippen LogP contribution in [0.4, 0.5) is 0 Å². The first-order valence-corrected chi connectivity index (χ1v) is 4.25. The Hall–Kier alpha value is -0.840. The molecule has 4 heteroatoms. The molecule has 0 aromatic heterocycles. The number of hydrogen-bond donors (Lipinski definition) is 1. The molecule has 1 fully saturated rings. The van der Waals surface area contributed by atoms with E-state index in [4.69, 9.17) is 15.2 Å². The average molecular weight is 182 g/mol. The molecule has 2 atom stereocenters. The minimum Gasteiger partial charge on any atom is -0.399 e. The quantitative estimate of drug-likeness (QED) is 0.621. The second kappa shape index (κ2) is 2.83. The summed E-state index contributed by atoms with van der Waals surface area (Å²) in [7, 11) is 3.92. The van der Waals surface area contributed by atoms with Crippen LogP contribution in [0.25, 0.3) is 0 Å². The zero-order valence-corrected chi connectivity index (χ0v) is 7.86. The van der Waals surface area contributed by atoms with Crippen LogP contribution >= 0.6 is 0 Å². The van der Waals surface area contributed by atoms with Crippen molar-refractivity contribution in [3.05, 3.63) is 23.9 Å². The van der Waals surface area contributed by atoms with Crippen molar-refractivity contribution in [3.8, 4) is 0 Å². The Morgan fingerprint density at radius 1 is 1.62 bits per heavy atom. The lowest BCUT2D eigenvalue weighted by Crippen LogP contribution is -2.51. The smallest absolute Gasteiger partial charge is 0.173 e. The van der Waals surface area contributed by atoms with Crippen LogP contribution in [0.2, 0.25) is 0 Å². The Labute approximate surface area is 77.6 Å². The van der Waals surface area contributed by atoms with Crippen molar-refractivity contribution in [1.29, 1.82) is 0 Å². The van der Waals surface area contributed by atoms with Gasteiger partial charge in [0.2, 0.25) is 0 Å². The van der Waals surface area contributed by atoms with Gasteiger partial charge in [0.1, 0.15) is 6.10 Å². The molecule has 0 saturated carbocycles. The van der Waals surface area contributed by atoms with E-state index in [9.17, 15) is 0 Å². The van der Waals surface area contributed by atoms with Gasteiger partial charge in [-0.05, 0) is 32.3 Å². The van der Waals surface area contributed by atoms with Gasteiger partial charge >= 0.3 is 0 Å². The molecule has 4 nitrogen and oxygen atoms in total. The maximum Gasteiger partial charge on any atom is 0.173 e. The molecule has 72 valence electrons. The van der Waals surface area contributed by atoms with Crippen molar-refractivity contribution in [3.63, 3.8) is 0 Å². The van der Waals surface area contributed by atoms with Crippen LogP contribution in [0.15, 0.2) is 23.9 Å². The van der Waals surface area contributed by atoms with E-state index in [1.807, 2.05) is 37.2 Å². The van der Waals surface area contributed by atoms with Crippen LogP contribution in [0, 0.1) is 0 Å². The third kappa shape index (κ3) is 1.18. The maximum atomic E-state index is 5.67. The summed E-state index contributed by atoms with van der Waals surface area (Å²) in [5.41, 5.74) is 5.94. The van der Waals surface area contributed by atoms with Gasteiger partial charge in [-0.3, -0.25) is 4.90 Å². The molecule has 0 radical (unpaired) electrons. The number of rotatable bonds is 1. The third-order valence-electron chi connectivity index (χ3n) is 2.50. The van der Waals surface area contributed by atoms with Crippen molar-refractivity contribution < 1.29 is 9.47 Å². The van der Waals surface area contributed by atoms with Gasteiger partial charge < -0.3 is 15.2 Å². The summed E-state index contributed by atoms with van der Waals surface area (Å²) in [6, 6.07) is 0. The Balaban J connectivity index is 2.33. The number of nitrogens with two attached hydrogens (primary N) is 1. The van der Waals surface area contributed by atoms with Crippen molar-refractivity contribution >= 4 is 0 Å². The highest BCUT2D eigenvalue weighted by molar-refractivity contribution is 5.29. The van der Waals surface area contributed by atoms with E-state index in [-0.39, 0.29) is 6.10 Å². The highest BCUT2D eigenvalue weighted by Gasteiger charge is 2.46. The third-order valence-corrected chi connectivity index (χ3v) is 2.50. The molecule has 13 heavy (non-hydrogen) atoms. The Morgan fingerprint density at radius 3 is 3.08 bits per heavy atom. The summed E-state index contributed by atoms with van der Waals surface area (Å²) in [6.45, 7) is 0.316. The molecule has 0 bridgehead atoms. The van der Waals surface area contributed by atoms with Gasteiger partial charge in [-0.2, -0.15) is 0 Å². The summed E-state index contributed by atoms with van der Waals surface area (Å²) < 4.78 is 11.0. The van der Waals surface area contributed by atoms with Gasteiger partial charge in [-0.1, -0.05) is 0 Å². The number of fused-ring (bicyclic) bond motifs is 1. The second-order valence-electron chi connectivity index (χ2n) is 3.50. The van der Waals surface area contributed by atoms with Gasteiger partial charge in [0.15, 0.2) is 12.5 Å². The van der Waals surface area contributed by atoms with Gasteiger partial charge in [-0.25, -0.2) is 0 Å². The minimum atomic E-state index is -0.455. The fourth-order valence-corrected chi connectivity index (χ4v) is 1.69. The lowest BCUT2D eigenvalue weighted by atomic mass is 9.99. The van der Waals surface area contributed by atoms with Crippen LogP contribution < -0.4 is 5.73 Å². The Kier molecular flexibility index (Phi) is 1.91. The van der Waals surface area contributed by atoms with Gasteiger partial charge in [0.05, 0.1) is 0 Å². The maximum absolute atomic E-state index is 5.67. The zero-order valence-electron chi connectivity index (χ0n) is 7.86. The number of nitrogens with zero attached hydrogens (tertiary/aromatic N) is 1. The molecule has 1 aliphatic carbocycles. The van der Waals surface area contributed by atoms with E-state index in [1.165, 1.54) is 0 Å². The molecule has 0 spiro atoms. The fourth-order valence-electron chi connectivity index (χ4n) is 1.69. The number of likely N-dealkylation sites (N-methyl/N-ethyl adjacent to an activating group) is 1. The molecular formula is C9H14N2O2. The molecule has 0 amide bonds. The number of ether oxygens (including phenoxy) is 2. The first-order chi connectivity index (χ1) is 6.15. The standard InChI is InChI=1S/C9H14N2O2/c1-11(2)9-4-3-7(10)5-8(9)12-6-13-9/h3-5,8H,6,10H2,1-2H3. The van der Waals surface area contributed by atoms with Crippen LogP contribution in [0.3, 0.4) is 0 Å². The summed E-state index contributed by atoms with van der Waals surface area (Å²) in [4.78, 5) is 1.99. The molecule has 2 N–H and O–H groups in total. The lowest BCUT2D eigenvalue weighted by molar-refractivity contribution is -0.0645. The molecule has 0 aromatic rings. The van der Waals surface area contributed by atoms with Crippen LogP contribution in [0.1, 0.15) is 0 Å². The van der Waals surface area contributed by atoms with Gasteiger partial charge in [0.25, 0.3) is 0 Å². The summed E-state index contributed by atoms with van der Waals surface area (Å²) in [6.07, 6.45) is 5.59. The topological polar surface area (TPSA) is 47.7 Å². The van der Waals surface area contributed by atoms with Crippen LogP contribution in [-0.2, 0) is 9.47 Å². The minimum absolute atomic E-state index is 0.0903. The summed E-state index contributed by atoms with van der Waals surface area (Å²) in [5, 5.41) is 0. The largest absolute Gasteiger partial charge is 0.399 e. The Bertz CT molecular complexity index is 273. The molecule has 2 aliphatic rings. The Morgan fingerprint density at radius 2 is 2.38 bits per heavy atom. The van der Waals surface area contributed by atoms with Crippen LogP contribution in [-0.4, -0.2) is 37.6 Å². The molecule has 1 saturated heterocycles. The zero-order chi connectivity index (χ0) is 9.47. The normalized spacial score (nSPS) is 37.8. The summed E-state index contributed by atoms with van der Waals surface area (Å²) >= 11 is 0. The monoisotopic (exact) mass is 182 g/mol. The van der Waals surface area contributed by atoms with E-state index in [0.717, 1.165) is 5.70 Å². The van der Waals surface area contributed by atoms with Crippen molar-refractivity contribution in [1.82, 2.24) is 4.90 Å². The van der Waals surface area contributed by atoms with Crippen molar-refractivity contribution in [2.24, 2.45) is 5.73 Å². The fraction of sp³-hybridized carbons (Fsp3) is 0.556. The van der Waals surface area contributed by atoms with Gasteiger partial charge in [0, 0.05) is 5.70 Å². The first-order valence-electron chi connectivity index (χ1n) is 4.25. The van der Waals surface area contributed by atoms with Crippen LogP contribution in [0.5, 0.6) is 0 Å². The number of hydrogen-bond acceptors (Lipinski definition) is 4. The molecular weight excluding hydrogens is 168 g/mol. The van der Waals surface area contributed by atoms with Crippen molar-refractivity contribution in [2.45, 2.75) is 11.8 Å². The second-order valence-corrected chi connectivity index (χ2v) is 3.50. The average Bonchev–Trinajstić information content (AvgIpc) is 2.48. The first kappa shape index (κ1) is 8.74. The van der Waals surface area contributed by atoms with E-state index in [2.05, 4.69) is 0 Å². The molecule has 1 aliphatic heterocycles. The molecule has 2 unspecified atom stereocenters. The number of allylic oxidation sites excluding steroid dienone is 1. The SMILES string of the molecule is CN(C)C12C=CC(N)=CC1OCO2. The van der Waals surface area contributed by atoms with Crippen molar-refractivity contribution in [2.75, 3.05) is 20.9 Å². The lowest BCUT2D eigenvalue weighted by Gasteiger charge is -2.36.